The topological polar surface area (TPSA) is 46.0 Å². The molecule has 9 aromatic rings. The molecule has 1 atom stereocenters. The van der Waals surface area contributed by atoms with Crippen molar-refractivity contribution in [1.29, 1.82) is 0 Å². The Labute approximate surface area is 306 Å². The standard InChI is InChI=1S/C48H34N4O/c1-51-47(31-14-3-2-4-15-31)49-46(50-48(51)35-24-23-30-13-5-6-16-32(30)25-35)40-28-36(29-44-45(40)38-20-10-12-22-43(38)53-44)52-41-21-11-9-19-37(41)39-26-33-17-7-8-18-34(33)27-42(39)52/h2-9,11-19,21-29,47H,10,20H2,1H3. The molecule has 252 valence electrons. The van der Waals surface area contributed by atoms with Crippen LogP contribution in [-0.2, 0) is 6.42 Å². The Bertz CT molecular complexity index is 3030. The molecule has 0 amide bonds. The number of allylic oxidation sites excluding steroid dienone is 1. The van der Waals surface area contributed by atoms with Gasteiger partial charge in [-0.25, -0.2) is 9.98 Å². The van der Waals surface area contributed by atoms with Crippen LogP contribution in [-0.4, -0.2) is 28.2 Å². The number of furan rings is 1. The third-order valence-corrected chi connectivity index (χ3v) is 11.0. The highest BCUT2D eigenvalue weighted by Crippen LogP contribution is 2.41. The molecule has 7 aromatic carbocycles. The first kappa shape index (κ1) is 30.0. The van der Waals surface area contributed by atoms with E-state index in [-0.39, 0.29) is 6.17 Å². The summed E-state index contributed by atoms with van der Waals surface area (Å²) in [5, 5.41) is 8.35. The second kappa shape index (κ2) is 11.7. The zero-order valence-corrected chi connectivity index (χ0v) is 29.2. The lowest BCUT2D eigenvalue weighted by molar-refractivity contribution is 0.383. The number of aliphatic imine (C=N–C) groups is 2. The molecule has 11 rings (SSSR count). The molecule has 0 spiro atoms. The molecule has 0 saturated carbocycles. The van der Waals surface area contributed by atoms with Crippen molar-refractivity contribution in [2.45, 2.75) is 19.0 Å². The lowest BCUT2D eigenvalue weighted by Crippen LogP contribution is -2.35. The van der Waals surface area contributed by atoms with Crippen molar-refractivity contribution in [3.8, 4) is 5.69 Å². The Morgan fingerprint density at radius 1 is 0.660 bits per heavy atom. The quantitative estimate of drug-likeness (QED) is 0.185. The molecule has 0 radical (unpaired) electrons. The number of aryl methyl sites for hydroxylation is 1. The molecular formula is C48H34N4O. The molecule has 5 nitrogen and oxygen atoms in total. The summed E-state index contributed by atoms with van der Waals surface area (Å²) in [5.74, 6) is 2.51. The SMILES string of the molecule is CN1C(c2ccc3ccccc3c2)=NC(c2cc(-n3c4ccccc4c4cc5ccccc5cc43)cc3oc4c(c23)CCC=C4)=NC1c1ccccc1. The van der Waals surface area contributed by atoms with Crippen LogP contribution in [0.25, 0.3) is 66.1 Å². The fraction of sp³-hybridized carbons (Fsp3) is 0.0833. The Balaban J connectivity index is 1.21. The van der Waals surface area contributed by atoms with Gasteiger partial charge in [0.1, 0.15) is 23.3 Å². The van der Waals surface area contributed by atoms with Crippen molar-refractivity contribution >= 4 is 72.1 Å². The van der Waals surface area contributed by atoms with Gasteiger partial charge in [-0.2, -0.15) is 0 Å². The second-order valence-corrected chi connectivity index (χ2v) is 14.2. The van der Waals surface area contributed by atoms with Crippen LogP contribution in [0.4, 0.5) is 0 Å². The molecule has 53 heavy (non-hydrogen) atoms. The molecule has 0 fully saturated rings. The van der Waals surface area contributed by atoms with Gasteiger partial charge < -0.3 is 13.9 Å². The highest BCUT2D eigenvalue weighted by molar-refractivity contribution is 6.19. The molecule has 1 aliphatic heterocycles. The summed E-state index contributed by atoms with van der Waals surface area (Å²) < 4.78 is 9.12. The van der Waals surface area contributed by atoms with Crippen molar-refractivity contribution in [3.63, 3.8) is 0 Å². The number of amidine groups is 2. The van der Waals surface area contributed by atoms with Gasteiger partial charge in [0.25, 0.3) is 0 Å². The highest BCUT2D eigenvalue weighted by Gasteiger charge is 2.30. The summed E-state index contributed by atoms with van der Waals surface area (Å²) in [6, 6.07) is 52.1. The van der Waals surface area contributed by atoms with Crippen molar-refractivity contribution in [1.82, 2.24) is 9.47 Å². The molecule has 1 aliphatic carbocycles. The zero-order valence-electron chi connectivity index (χ0n) is 29.2. The summed E-state index contributed by atoms with van der Waals surface area (Å²) in [6.45, 7) is 0. The van der Waals surface area contributed by atoms with Gasteiger partial charge in [-0.15, -0.1) is 0 Å². The number of rotatable bonds is 4. The van der Waals surface area contributed by atoms with Crippen LogP contribution in [0.15, 0.2) is 166 Å². The van der Waals surface area contributed by atoms with Crippen LogP contribution < -0.4 is 0 Å². The van der Waals surface area contributed by atoms with E-state index in [1.807, 2.05) is 0 Å². The smallest absolute Gasteiger partial charge is 0.160 e. The number of aromatic nitrogens is 1. The van der Waals surface area contributed by atoms with E-state index in [1.165, 1.54) is 37.9 Å². The van der Waals surface area contributed by atoms with Crippen molar-refractivity contribution in [2.24, 2.45) is 9.98 Å². The maximum absolute atomic E-state index is 6.73. The van der Waals surface area contributed by atoms with E-state index in [0.29, 0.717) is 5.84 Å². The summed E-state index contributed by atoms with van der Waals surface area (Å²) in [4.78, 5) is 13.2. The number of benzene rings is 7. The van der Waals surface area contributed by atoms with Gasteiger partial charge >= 0.3 is 0 Å². The van der Waals surface area contributed by atoms with Crippen LogP contribution in [0.1, 0.15) is 40.6 Å². The maximum atomic E-state index is 6.73. The van der Waals surface area contributed by atoms with E-state index >= 15 is 0 Å². The molecule has 0 N–H and O–H groups in total. The van der Waals surface area contributed by atoms with E-state index < -0.39 is 0 Å². The molecule has 0 bridgehead atoms. The van der Waals surface area contributed by atoms with Gasteiger partial charge in [0.15, 0.2) is 5.84 Å². The van der Waals surface area contributed by atoms with Gasteiger partial charge in [0.2, 0.25) is 0 Å². The first-order chi connectivity index (χ1) is 26.2. The zero-order chi connectivity index (χ0) is 35.0. The van der Waals surface area contributed by atoms with E-state index in [0.717, 1.165) is 68.8 Å². The predicted molar refractivity (Wildman–Crippen MR) is 219 cm³/mol. The largest absolute Gasteiger partial charge is 0.456 e. The lowest BCUT2D eigenvalue weighted by atomic mass is 9.96. The molecule has 1 unspecified atom stereocenters. The first-order valence-electron chi connectivity index (χ1n) is 18.3. The number of nitrogens with zero attached hydrogens (tertiary/aromatic N) is 4. The third kappa shape index (κ3) is 4.70. The van der Waals surface area contributed by atoms with Crippen LogP contribution >= 0.6 is 0 Å². The van der Waals surface area contributed by atoms with Crippen LogP contribution in [0, 0.1) is 0 Å². The third-order valence-electron chi connectivity index (χ3n) is 11.0. The van der Waals surface area contributed by atoms with Gasteiger partial charge in [0.05, 0.1) is 16.7 Å². The van der Waals surface area contributed by atoms with Gasteiger partial charge in [0, 0.05) is 46.0 Å². The van der Waals surface area contributed by atoms with E-state index in [9.17, 15) is 0 Å². The minimum Gasteiger partial charge on any atom is -0.456 e. The first-order valence-corrected chi connectivity index (χ1v) is 18.3. The fourth-order valence-electron chi connectivity index (χ4n) is 8.51. The predicted octanol–water partition coefficient (Wildman–Crippen LogP) is 11.6. The normalized spacial score (nSPS) is 15.8. The summed E-state index contributed by atoms with van der Waals surface area (Å²) in [7, 11) is 2.10. The molecule has 2 aromatic heterocycles. The summed E-state index contributed by atoms with van der Waals surface area (Å²) >= 11 is 0. The number of fused-ring (bicyclic) bond motifs is 8. The average molecular weight is 683 g/mol. The van der Waals surface area contributed by atoms with Gasteiger partial charge in [-0.3, -0.25) is 0 Å². The Morgan fingerprint density at radius 2 is 1.40 bits per heavy atom. The van der Waals surface area contributed by atoms with E-state index in [1.54, 1.807) is 0 Å². The fourth-order valence-corrected chi connectivity index (χ4v) is 8.51. The van der Waals surface area contributed by atoms with E-state index in [2.05, 4.69) is 174 Å². The molecule has 2 aliphatic rings. The minimum absolute atomic E-state index is 0.272. The number of hydrogen-bond donors (Lipinski definition) is 0. The Morgan fingerprint density at radius 3 is 2.25 bits per heavy atom. The van der Waals surface area contributed by atoms with Crippen molar-refractivity contribution in [3.05, 3.63) is 180 Å². The van der Waals surface area contributed by atoms with Crippen LogP contribution in [0.2, 0.25) is 0 Å². The Kier molecular flexibility index (Phi) is 6.59. The van der Waals surface area contributed by atoms with Crippen molar-refractivity contribution < 1.29 is 4.42 Å². The number of hydrogen-bond acceptors (Lipinski definition) is 4. The van der Waals surface area contributed by atoms with Crippen LogP contribution in [0.3, 0.4) is 0 Å². The summed E-state index contributed by atoms with van der Waals surface area (Å²) in [6.07, 6.45) is 5.94. The average Bonchev–Trinajstić information content (AvgIpc) is 3.75. The maximum Gasteiger partial charge on any atom is 0.160 e. The highest BCUT2D eigenvalue weighted by atomic mass is 16.3. The molecular weight excluding hydrogens is 649 g/mol. The monoisotopic (exact) mass is 682 g/mol. The lowest BCUT2D eigenvalue weighted by Gasteiger charge is -2.32. The number of para-hydroxylation sites is 1. The van der Waals surface area contributed by atoms with Gasteiger partial charge in [-0.1, -0.05) is 115 Å². The Hall–Kier alpha value is -6.72. The molecule has 5 heteroatoms. The second-order valence-electron chi connectivity index (χ2n) is 14.2. The summed E-state index contributed by atoms with van der Waals surface area (Å²) in [5.41, 5.74) is 8.53. The molecule has 3 heterocycles. The van der Waals surface area contributed by atoms with E-state index in [4.69, 9.17) is 14.4 Å². The molecule has 0 saturated heterocycles. The van der Waals surface area contributed by atoms with Crippen LogP contribution in [0.5, 0.6) is 0 Å². The van der Waals surface area contributed by atoms with Gasteiger partial charge in [-0.05, 0) is 76.4 Å². The van der Waals surface area contributed by atoms with Crippen molar-refractivity contribution in [2.75, 3.05) is 7.05 Å². The minimum atomic E-state index is -0.272.